The van der Waals surface area contributed by atoms with Crippen molar-refractivity contribution >= 4 is 0 Å². The molecule has 2 nitrogen and oxygen atoms in total. The SMILES string of the molecule is C=CCCCOc1ccc(C2CCC(CCc3ccc(C4CCC(C(O)CCC)CC4)c(F)c3F)CC2)c(F)c1. The Morgan fingerprint density at radius 1 is 0.925 bits per heavy atom. The molecular weight excluding hydrogens is 509 g/mol. The standard InChI is InChI=1S/C35H47F3O2/c1-3-5-6-22-40-29-19-21-30(32(36)23-29)25-11-8-24(9-12-25)10-13-28-18-20-31(35(38)34(28)37)26-14-16-27(17-15-26)33(39)7-4-2/h3,18-21,23-27,33,39H,1,4-17,22H2,2H3. The molecule has 0 bridgehead atoms. The van der Waals surface area contributed by atoms with Crippen LogP contribution in [0.4, 0.5) is 13.2 Å². The Kier molecular flexibility index (Phi) is 11.6. The number of ether oxygens (including phenoxy) is 1. The molecule has 40 heavy (non-hydrogen) atoms. The van der Waals surface area contributed by atoms with E-state index in [9.17, 15) is 9.50 Å². The van der Waals surface area contributed by atoms with Gasteiger partial charge in [0.1, 0.15) is 11.6 Å². The van der Waals surface area contributed by atoms with Crippen LogP contribution in [-0.4, -0.2) is 17.8 Å². The maximum Gasteiger partial charge on any atom is 0.162 e. The second-order valence-electron chi connectivity index (χ2n) is 12.1. The number of benzene rings is 2. The second-order valence-corrected chi connectivity index (χ2v) is 12.1. The van der Waals surface area contributed by atoms with E-state index in [-0.39, 0.29) is 29.7 Å². The lowest BCUT2D eigenvalue weighted by atomic mass is 9.75. The number of hydrogen-bond donors (Lipinski definition) is 1. The summed E-state index contributed by atoms with van der Waals surface area (Å²) in [5, 5.41) is 10.3. The van der Waals surface area contributed by atoms with E-state index < -0.39 is 11.6 Å². The fourth-order valence-corrected chi connectivity index (χ4v) is 6.93. The average molecular weight is 557 g/mol. The van der Waals surface area contributed by atoms with E-state index in [0.717, 1.165) is 89.0 Å². The molecule has 0 aliphatic heterocycles. The summed E-state index contributed by atoms with van der Waals surface area (Å²) in [4.78, 5) is 0. The number of unbranched alkanes of at least 4 members (excludes halogenated alkanes) is 1. The van der Waals surface area contributed by atoms with Crippen LogP contribution < -0.4 is 4.74 Å². The van der Waals surface area contributed by atoms with Crippen LogP contribution in [0.25, 0.3) is 0 Å². The molecule has 1 unspecified atom stereocenters. The van der Waals surface area contributed by atoms with Crippen molar-refractivity contribution in [2.24, 2.45) is 11.8 Å². The molecule has 0 saturated heterocycles. The number of hydrogen-bond acceptors (Lipinski definition) is 2. The maximum atomic E-state index is 15.1. The Labute approximate surface area is 239 Å². The molecule has 2 aliphatic rings. The highest BCUT2D eigenvalue weighted by molar-refractivity contribution is 5.32. The van der Waals surface area contributed by atoms with Crippen LogP contribution in [0.15, 0.2) is 43.0 Å². The minimum absolute atomic E-state index is 0.0298. The van der Waals surface area contributed by atoms with E-state index in [2.05, 4.69) is 13.5 Å². The van der Waals surface area contributed by atoms with Crippen LogP contribution in [0.3, 0.4) is 0 Å². The maximum absolute atomic E-state index is 15.1. The summed E-state index contributed by atoms with van der Waals surface area (Å²) >= 11 is 0. The molecule has 0 spiro atoms. The second kappa shape index (κ2) is 15.1. The molecular formula is C35H47F3O2. The molecule has 2 aromatic carbocycles. The fraction of sp³-hybridized carbons (Fsp3) is 0.600. The van der Waals surface area contributed by atoms with Gasteiger partial charge in [0.15, 0.2) is 11.6 Å². The van der Waals surface area contributed by atoms with Gasteiger partial charge in [-0.2, -0.15) is 0 Å². The molecule has 4 rings (SSSR count). The van der Waals surface area contributed by atoms with Crippen LogP contribution in [0.5, 0.6) is 5.75 Å². The van der Waals surface area contributed by atoms with Gasteiger partial charge in [0.25, 0.3) is 0 Å². The number of aryl methyl sites for hydroxylation is 1. The molecule has 1 N–H and O–H groups in total. The highest BCUT2D eigenvalue weighted by atomic mass is 19.2. The van der Waals surface area contributed by atoms with Gasteiger partial charge < -0.3 is 9.84 Å². The van der Waals surface area contributed by atoms with E-state index in [1.807, 2.05) is 18.2 Å². The lowest BCUT2D eigenvalue weighted by molar-refractivity contribution is 0.0727. The van der Waals surface area contributed by atoms with Gasteiger partial charge in [-0.15, -0.1) is 6.58 Å². The normalized spacial score (nSPS) is 24.0. The molecule has 2 aromatic rings. The molecule has 1 atom stereocenters. The van der Waals surface area contributed by atoms with Crippen LogP contribution >= 0.6 is 0 Å². The van der Waals surface area contributed by atoms with E-state index >= 15 is 8.78 Å². The van der Waals surface area contributed by atoms with Crippen molar-refractivity contribution in [2.75, 3.05) is 6.61 Å². The predicted molar refractivity (Wildman–Crippen MR) is 156 cm³/mol. The number of allylic oxidation sites excluding steroid dienone is 1. The zero-order valence-electron chi connectivity index (χ0n) is 24.2. The topological polar surface area (TPSA) is 29.5 Å². The Bertz CT molecular complexity index is 1080. The highest BCUT2D eigenvalue weighted by Crippen LogP contribution is 2.41. The van der Waals surface area contributed by atoms with Gasteiger partial charge in [-0.3, -0.25) is 0 Å². The van der Waals surface area contributed by atoms with Crippen molar-refractivity contribution in [3.05, 3.63) is 77.1 Å². The number of aliphatic hydroxyl groups is 1. The van der Waals surface area contributed by atoms with Crippen molar-refractivity contribution < 1.29 is 23.0 Å². The molecule has 0 radical (unpaired) electrons. The first-order valence-electron chi connectivity index (χ1n) is 15.6. The van der Waals surface area contributed by atoms with Crippen molar-refractivity contribution in [2.45, 2.75) is 115 Å². The Morgan fingerprint density at radius 2 is 1.60 bits per heavy atom. The molecule has 0 heterocycles. The largest absolute Gasteiger partial charge is 0.493 e. The fourth-order valence-electron chi connectivity index (χ4n) is 6.93. The van der Waals surface area contributed by atoms with Crippen LogP contribution in [0.2, 0.25) is 0 Å². The van der Waals surface area contributed by atoms with Crippen LogP contribution in [0.1, 0.15) is 119 Å². The van der Waals surface area contributed by atoms with E-state index in [1.165, 1.54) is 6.07 Å². The average Bonchev–Trinajstić information content (AvgIpc) is 2.97. The van der Waals surface area contributed by atoms with E-state index in [4.69, 9.17) is 4.74 Å². The highest BCUT2D eigenvalue weighted by Gasteiger charge is 2.30. The molecule has 0 aromatic heterocycles. The number of aliphatic hydroxyl groups excluding tert-OH is 1. The Morgan fingerprint density at radius 3 is 2.27 bits per heavy atom. The summed E-state index contributed by atoms with van der Waals surface area (Å²) in [5.74, 6) is -0.0550. The zero-order valence-corrected chi connectivity index (χ0v) is 24.2. The third-order valence-corrected chi connectivity index (χ3v) is 9.43. The summed E-state index contributed by atoms with van der Waals surface area (Å²) in [6.45, 7) is 6.32. The van der Waals surface area contributed by atoms with Crippen LogP contribution in [-0.2, 0) is 6.42 Å². The van der Waals surface area contributed by atoms with Gasteiger partial charge in [0.2, 0.25) is 0 Å². The molecule has 220 valence electrons. The number of rotatable bonds is 13. The van der Waals surface area contributed by atoms with E-state index in [0.29, 0.717) is 35.8 Å². The summed E-state index contributed by atoms with van der Waals surface area (Å²) in [6.07, 6.45) is 13.5. The first-order chi connectivity index (χ1) is 19.4. The van der Waals surface area contributed by atoms with Crippen molar-refractivity contribution in [1.29, 1.82) is 0 Å². The minimum Gasteiger partial charge on any atom is -0.493 e. The Balaban J connectivity index is 1.25. The van der Waals surface area contributed by atoms with Gasteiger partial charge in [-0.1, -0.05) is 37.6 Å². The van der Waals surface area contributed by atoms with Crippen molar-refractivity contribution in [1.82, 2.24) is 0 Å². The smallest absolute Gasteiger partial charge is 0.162 e. The van der Waals surface area contributed by atoms with Gasteiger partial charge in [-0.25, -0.2) is 13.2 Å². The van der Waals surface area contributed by atoms with Crippen molar-refractivity contribution in [3.63, 3.8) is 0 Å². The first-order valence-corrected chi connectivity index (χ1v) is 15.6. The quantitative estimate of drug-likeness (QED) is 0.197. The van der Waals surface area contributed by atoms with Gasteiger partial charge in [0, 0.05) is 6.07 Å². The summed E-state index contributed by atoms with van der Waals surface area (Å²) in [5.41, 5.74) is 1.72. The lowest BCUT2D eigenvalue weighted by Gasteiger charge is -2.32. The summed E-state index contributed by atoms with van der Waals surface area (Å²) in [7, 11) is 0. The molecule has 2 aliphatic carbocycles. The number of halogens is 3. The minimum atomic E-state index is -0.687. The third-order valence-electron chi connectivity index (χ3n) is 9.43. The monoisotopic (exact) mass is 556 g/mol. The van der Waals surface area contributed by atoms with Gasteiger partial charge in [-0.05, 0) is 130 Å². The third kappa shape index (κ3) is 7.93. The van der Waals surface area contributed by atoms with Gasteiger partial charge in [0.05, 0.1) is 12.7 Å². The molecule has 0 amide bonds. The molecule has 2 fully saturated rings. The predicted octanol–water partition coefficient (Wildman–Crippen LogP) is 9.79. The summed E-state index contributed by atoms with van der Waals surface area (Å²) in [6, 6.07) is 8.81. The molecule has 2 saturated carbocycles. The van der Waals surface area contributed by atoms with Gasteiger partial charge >= 0.3 is 0 Å². The molecule has 5 heteroatoms. The van der Waals surface area contributed by atoms with Crippen LogP contribution in [0, 0.1) is 29.3 Å². The van der Waals surface area contributed by atoms with E-state index in [1.54, 1.807) is 12.1 Å². The first kappa shape index (κ1) is 30.7. The van der Waals surface area contributed by atoms with Crippen molar-refractivity contribution in [3.8, 4) is 5.75 Å². The Hall–Kier alpha value is -2.27. The lowest BCUT2D eigenvalue weighted by Crippen LogP contribution is -2.25. The zero-order chi connectivity index (χ0) is 28.5. The summed E-state index contributed by atoms with van der Waals surface area (Å²) < 4.78 is 50.7.